The molecule has 1 aliphatic rings. The fraction of sp³-hybridized carbons (Fsp3) is 0.389. The van der Waals surface area contributed by atoms with Gasteiger partial charge in [-0.1, -0.05) is 30.3 Å². The number of benzene rings is 1. The highest BCUT2D eigenvalue weighted by Gasteiger charge is 2.22. The van der Waals surface area contributed by atoms with Crippen molar-refractivity contribution < 1.29 is 4.74 Å². The molecule has 0 fully saturated rings. The van der Waals surface area contributed by atoms with Gasteiger partial charge in [-0.25, -0.2) is 0 Å². The molecule has 0 bridgehead atoms. The number of nitrogens with one attached hydrogen (secondary N) is 1. The highest BCUT2D eigenvalue weighted by Crippen LogP contribution is 2.30. The van der Waals surface area contributed by atoms with Crippen LogP contribution in [-0.2, 0) is 20.0 Å². The summed E-state index contributed by atoms with van der Waals surface area (Å²) in [6, 6.07) is 6.28. The Bertz CT molecular complexity index is 696. The van der Waals surface area contributed by atoms with Crippen LogP contribution in [0.1, 0.15) is 35.7 Å². The van der Waals surface area contributed by atoms with Gasteiger partial charge in [0.1, 0.15) is 12.4 Å². The number of rotatable bonds is 6. The molecule has 122 valence electrons. The quantitative estimate of drug-likeness (QED) is 0.818. The van der Waals surface area contributed by atoms with Crippen LogP contribution in [0.25, 0.3) is 0 Å². The Morgan fingerprint density at radius 2 is 2.39 bits per heavy atom. The van der Waals surface area contributed by atoms with E-state index in [0.29, 0.717) is 23.4 Å². The van der Waals surface area contributed by atoms with Crippen molar-refractivity contribution >= 4 is 11.6 Å². The smallest absolute Gasteiger partial charge is 0.138 e. The summed E-state index contributed by atoms with van der Waals surface area (Å²) in [6.07, 6.45) is 7.16. The predicted octanol–water partition coefficient (Wildman–Crippen LogP) is 3.81. The Kier molecular flexibility index (Phi) is 5.03. The first-order chi connectivity index (χ1) is 11.2. The molecule has 0 spiro atoms. The van der Waals surface area contributed by atoms with Crippen LogP contribution in [-0.4, -0.2) is 16.4 Å². The zero-order valence-electron chi connectivity index (χ0n) is 13.4. The normalized spacial score (nSPS) is 16.9. The molecule has 0 radical (unpaired) electrons. The number of nitrogens with zero attached hydrogens (tertiary/aromatic N) is 2. The van der Waals surface area contributed by atoms with Crippen LogP contribution in [0.4, 0.5) is 0 Å². The average molecular weight is 332 g/mol. The van der Waals surface area contributed by atoms with Crippen molar-refractivity contribution in [3.8, 4) is 5.75 Å². The molecule has 1 N–H and O–H groups in total. The topological polar surface area (TPSA) is 39.1 Å². The molecular weight excluding hydrogens is 310 g/mol. The van der Waals surface area contributed by atoms with Gasteiger partial charge in [0, 0.05) is 30.9 Å². The lowest BCUT2D eigenvalue weighted by atomic mass is 9.93. The Morgan fingerprint density at radius 1 is 1.52 bits per heavy atom. The van der Waals surface area contributed by atoms with Crippen molar-refractivity contribution in [2.45, 2.75) is 31.8 Å². The molecule has 3 rings (SSSR count). The first kappa shape index (κ1) is 16.1. The molecule has 4 nitrogen and oxygen atoms in total. The molecular formula is C18H22ClN3O. The van der Waals surface area contributed by atoms with Crippen LogP contribution < -0.4 is 10.1 Å². The third kappa shape index (κ3) is 3.59. The summed E-state index contributed by atoms with van der Waals surface area (Å²) in [5.41, 5.74) is 3.83. The third-order valence-corrected chi connectivity index (χ3v) is 4.58. The van der Waals surface area contributed by atoms with Gasteiger partial charge in [-0.15, -0.1) is 0 Å². The molecule has 1 heterocycles. The summed E-state index contributed by atoms with van der Waals surface area (Å²) in [4.78, 5) is 0. The van der Waals surface area contributed by atoms with Crippen molar-refractivity contribution in [1.29, 1.82) is 0 Å². The number of aromatic nitrogens is 2. The summed E-state index contributed by atoms with van der Waals surface area (Å²) in [6.45, 7) is 4.88. The van der Waals surface area contributed by atoms with Crippen LogP contribution >= 0.6 is 11.6 Å². The fourth-order valence-electron chi connectivity index (χ4n) is 3.08. The van der Waals surface area contributed by atoms with Gasteiger partial charge in [-0.2, -0.15) is 5.10 Å². The number of ether oxygens (including phenoxy) is 1. The Hall–Kier alpha value is -1.78. The van der Waals surface area contributed by atoms with Gasteiger partial charge in [0.25, 0.3) is 0 Å². The van der Waals surface area contributed by atoms with Gasteiger partial charge in [0.15, 0.2) is 0 Å². The van der Waals surface area contributed by atoms with Crippen LogP contribution in [0.15, 0.2) is 37.1 Å². The van der Waals surface area contributed by atoms with Crippen molar-refractivity contribution in [2.75, 3.05) is 6.61 Å². The van der Waals surface area contributed by atoms with Gasteiger partial charge in [-0.05, 0) is 37.0 Å². The number of aryl methyl sites for hydroxylation is 1. The Balaban J connectivity index is 1.65. The van der Waals surface area contributed by atoms with Crippen LogP contribution in [0.2, 0.25) is 5.02 Å². The highest BCUT2D eigenvalue weighted by atomic mass is 35.5. The lowest BCUT2D eigenvalue weighted by molar-refractivity contribution is 0.363. The summed E-state index contributed by atoms with van der Waals surface area (Å²) < 4.78 is 7.50. The molecule has 1 aromatic carbocycles. The van der Waals surface area contributed by atoms with Crippen molar-refractivity contribution in [3.63, 3.8) is 0 Å². The maximum absolute atomic E-state index is 6.27. The molecule has 1 aliphatic carbocycles. The van der Waals surface area contributed by atoms with Crippen LogP contribution in [0.3, 0.4) is 0 Å². The predicted molar refractivity (Wildman–Crippen MR) is 92.9 cm³/mol. The molecule has 23 heavy (non-hydrogen) atoms. The molecule has 0 aliphatic heterocycles. The van der Waals surface area contributed by atoms with E-state index in [1.807, 2.05) is 36.1 Å². The summed E-state index contributed by atoms with van der Waals surface area (Å²) in [5.74, 6) is 0.697. The van der Waals surface area contributed by atoms with E-state index in [1.54, 1.807) is 6.08 Å². The number of hydrogen-bond donors (Lipinski definition) is 1. The average Bonchev–Trinajstić information content (AvgIpc) is 2.94. The zero-order valence-corrected chi connectivity index (χ0v) is 14.1. The Labute approximate surface area is 142 Å². The minimum Gasteiger partial charge on any atom is -0.488 e. The minimum absolute atomic E-state index is 0.364. The van der Waals surface area contributed by atoms with E-state index < -0.39 is 0 Å². The lowest BCUT2D eigenvalue weighted by Crippen LogP contribution is -2.24. The number of halogens is 1. The first-order valence-corrected chi connectivity index (χ1v) is 8.33. The fourth-order valence-corrected chi connectivity index (χ4v) is 3.34. The lowest BCUT2D eigenvalue weighted by Gasteiger charge is -2.24. The SMILES string of the molecule is C=CCOc1ccc(CNC2CCCc3c2cnn3C)cc1Cl. The van der Waals surface area contributed by atoms with Gasteiger partial charge < -0.3 is 10.1 Å². The zero-order chi connectivity index (χ0) is 16.2. The van der Waals surface area contributed by atoms with E-state index in [4.69, 9.17) is 16.3 Å². The van der Waals surface area contributed by atoms with Gasteiger partial charge >= 0.3 is 0 Å². The van der Waals surface area contributed by atoms with Crippen molar-refractivity contribution in [2.24, 2.45) is 7.05 Å². The number of hydrogen-bond acceptors (Lipinski definition) is 3. The van der Waals surface area contributed by atoms with Gasteiger partial charge in [0.2, 0.25) is 0 Å². The van der Waals surface area contributed by atoms with Gasteiger partial charge in [-0.3, -0.25) is 4.68 Å². The van der Waals surface area contributed by atoms with E-state index in [1.165, 1.54) is 17.7 Å². The van der Waals surface area contributed by atoms with Crippen molar-refractivity contribution in [1.82, 2.24) is 15.1 Å². The number of fused-ring (bicyclic) bond motifs is 1. The summed E-state index contributed by atoms with van der Waals surface area (Å²) in [7, 11) is 2.02. The molecule has 5 heteroatoms. The second-order valence-corrected chi connectivity index (χ2v) is 6.27. The van der Waals surface area contributed by atoms with E-state index in [2.05, 4.69) is 17.0 Å². The maximum atomic E-state index is 6.27. The van der Waals surface area contributed by atoms with E-state index in [9.17, 15) is 0 Å². The van der Waals surface area contributed by atoms with Crippen LogP contribution in [0, 0.1) is 0 Å². The first-order valence-electron chi connectivity index (χ1n) is 7.95. The second-order valence-electron chi connectivity index (χ2n) is 5.86. The molecule has 1 atom stereocenters. The Morgan fingerprint density at radius 3 is 3.17 bits per heavy atom. The molecule has 0 saturated heterocycles. The molecule has 0 saturated carbocycles. The standard InChI is InChI=1S/C18H22ClN3O/c1-3-9-23-18-8-7-13(10-15(18)19)11-20-16-5-4-6-17-14(16)12-21-22(17)2/h3,7-8,10,12,16,20H,1,4-6,9,11H2,2H3. The maximum Gasteiger partial charge on any atom is 0.138 e. The molecule has 2 aromatic rings. The molecule has 1 unspecified atom stereocenters. The highest BCUT2D eigenvalue weighted by molar-refractivity contribution is 6.32. The van der Waals surface area contributed by atoms with Crippen LogP contribution in [0.5, 0.6) is 5.75 Å². The van der Waals surface area contributed by atoms with E-state index >= 15 is 0 Å². The molecule has 1 aromatic heterocycles. The minimum atomic E-state index is 0.364. The molecule has 0 amide bonds. The summed E-state index contributed by atoms with van der Waals surface area (Å²) >= 11 is 6.27. The third-order valence-electron chi connectivity index (χ3n) is 4.28. The van der Waals surface area contributed by atoms with Gasteiger partial charge in [0.05, 0.1) is 11.2 Å². The monoisotopic (exact) mass is 331 g/mol. The van der Waals surface area contributed by atoms with E-state index in [0.717, 1.165) is 24.9 Å². The summed E-state index contributed by atoms with van der Waals surface area (Å²) in [5, 5.41) is 8.65. The largest absolute Gasteiger partial charge is 0.488 e. The van der Waals surface area contributed by atoms with Crippen molar-refractivity contribution in [3.05, 3.63) is 58.9 Å². The second kappa shape index (κ2) is 7.20. The van der Waals surface area contributed by atoms with E-state index in [-0.39, 0.29) is 0 Å².